The molecule has 2 bridgehead atoms. The molecule has 3 heterocycles. The van der Waals surface area contributed by atoms with E-state index in [1.54, 1.807) is 36.1 Å². The van der Waals surface area contributed by atoms with Gasteiger partial charge in [0.2, 0.25) is 17.7 Å². The van der Waals surface area contributed by atoms with Crippen LogP contribution in [0.2, 0.25) is 0 Å². The van der Waals surface area contributed by atoms with E-state index in [1.807, 2.05) is 32.0 Å². The fourth-order valence-electron chi connectivity index (χ4n) is 8.61. The lowest BCUT2D eigenvalue weighted by molar-refractivity contribution is -0.163. The van der Waals surface area contributed by atoms with Gasteiger partial charge < -0.3 is 34.4 Å². The Kier molecular flexibility index (Phi) is 13.0. The van der Waals surface area contributed by atoms with Crippen molar-refractivity contribution in [3.05, 3.63) is 61.2 Å². The molecule has 1 unspecified atom stereocenters. The highest BCUT2D eigenvalue weighted by atomic mass is 79.9. The van der Waals surface area contributed by atoms with Crippen molar-refractivity contribution in [1.29, 1.82) is 0 Å². The van der Waals surface area contributed by atoms with E-state index in [9.17, 15) is 24.3 Å². The summed E-state index contributed by atoms with van der Waals surface area (Å²) in [6.07, 6.45) is 3.25. The number of alkyl halides is 1. The number of halogens is 1. The number of carbonyl (C=O) groups excluding carboxylic acids is 4. The first-order chi connectivity index (χ1) is 24.0. The van der Waals surface area contributed by atoms with Gasteiger partial charge in [0.15, 0.2) is 0 Å². The van der Waals surface area contributed by atoms with Crippen LogP contribution >= 0.6 is 15.9 Å². The number of nitrogens with zero attached hydrogens (tertiary/aromatic N) is 2. The average molecular weight is 775 g/mol. The third-order valence-corrected chi connectivity index (χ3v) is 11.1. The van der Waals surface area contributed by atoms with Crippen LogP contribution in [0.25, 0.3) is 0 Å². The molecule has 4 rings (SSSR count). The minimum atomic E-state index is -1.36. The van der Waals surface area contributed by atoms with Crippen LogP contribution in [-0.2, 0) is 33.4 Å². The van der Waals surface area contributed by atoms with Crippen molar-refractivity contribution in [3.8, 4) is 0 Å². The number of hydrogen-bond donors (Lipinski definition) is 2. The third kappa shape index (κ3) is 8.29. The number of hydrogen-bond acceptors (Lipinski definition) is 8. The highest BCUT2D eigenvalue weighted by Gasteiger charge is 2.77. The molecule has 3 amide bonds. The second-order valence-electron chi connectivity index (χ2n) is 16.0. The van der Waals surface area contributed by atoms with E-state index in [-0.39, 0.29) is 48.2 Å². The summed E-state index contributed by atoms with van der Waals surface area (Å²) in [6.45, 7) is 19.5. The normalized spacial score (nSPS) is 27.4. The number of fused-ring (bicyclic) bond motifs is 1. The standard InChI is InChI=1S/C39H56BrN3O8/c1-10-12-18-28(45)41-27(22-49-9)31(25-16-14-13-15-17-25)50-36(48)29-30-34(46)43(24(3)21-44)33(39(30)20-26(40)32(29)51-39)35(47)42(19-11-2)38(7,8)23-37(4,5)6/h10-11,13-17,24,26-27,29-33,44H,1-2,12,18-23H2,3-9H3,(H,41,45)/t24-,26?,27-,29+,30-,31-,32+,33+,39-/m1/s1. The molecule has 3 aliphatic heterocycles. The Hall–Kier alpha value is -3.06. The summed E-state index contributed by atoms with van der Waals surface area (Å²) in [5.41, 5.74) is -1.47. The van der Waals surface area contributed by atoms with E-state index in [1.165, 1.54) is 12.0 Å². The van der Waals surface area contributed by atoms with Gasteiger partial charge in [-0.1, -0.05) is 79.2 Å². The highest BCUT2D eigenvalue weighted by Crippen LogP contribution is 2.61. The molecular formula is C39H56BrN3O8. The molecule has 3 fully saturated rings. The molecular weight excluding hydrogens is 718 g/mol. The molecule has 1 aromatic carbocycles. The van der Waals surface area contributed by atoms with Gasteiger partial charge in [0.25, 0.3) is 0 Å². The minimum Gasteiger partial charge on any atom is -0.455 e. The molecule has 0 aliphatic carbocycles. The zero-order valence-corrected chi connectivity index (χ0v) is 32.7. The maximum atomic E-state index is 15.0. The predicted molar refractivity (Wildman–Crippen MR) is 198 cm³/mol. The molecule has 0 aromatic heterocycles. The van der Waals surface area contributed by atoms with Gasteiger partial charge in [-0.15, -0.1) is 13.2 Å². The van der Waals surface area contributed by atoms with Crippen LogP contribution < -0.4 is 5.32 Å². The number of nitrogens with one attached hydrogen (secondary N) is 1. The summed E-state index contributed by atoms with van der Waals surface area (Å²) in [5.74, 6) is -3.80. The maximum absolute atomic E-state index is 15.0. The van der Waals surface area contributed by atoms with Crippen molar-refractivity contribution >= 4 is 39.6 Å². The molecule has 282 valence electrons. The van der Waals surface area contributed by atoms with Gasteiger partial charge >= 0.3 is 5.97 Å². The van der Waals surface area contributed by atoms with Crippen molar-refractivity contribution in [2.45, 2.75) is 114 Å². The molecule has 0 radical (unpaired) electrons. The summed E-state index contributed by atoms with van der Waals surface area (Å²) in [7, 11) is 1.50. The fourth-order valence-corrected chi connectivity index (χ4v) is 9.55. The van der Waals surface area contributed by atoms with Gasteiger partial charge in [-0.25, -0.2) is 0 Å². The number of aliphatic hydroxyl groups excluding tert-OH is 1. The Morgan fingerprint density at radius 2 is 1.84 bits per heavy atom. The Balaban J connectivity index is 1.76. The fraction of sp³-hybridized carbons (Fsp3) is 0.641. The molecule has 9 atom stereocenters. The maximum Gasteiger partial charge on any atom is 0.313 e. The number of amides is 3. The smallest absolute Gasteiger partial charge is 0.313 e. The number of rotatable bonds is 17. The number of carbonyl (C=O) groups is 4. The number of allylic oxidation sites excluding steroid dienone is 1. The van der Waals surface area contributed by atoms with Gasteiger partial charge in [0.05, 0.1) is 43.2 Å². The third-order valence-electron chi connectivity index (χ3n) is 10.2. The van der Waals surface area contributed by atoms with Crippen LogP contribution in [0.1, 0.15) is 78.9 Å². The largest absolute Gasteiger partial charge is 0.455 e. The van der Waals surface area contributed by atoms with Crippen LogP contribution in [0.3, 0.4) is 0 Å². The van der Waals surface area contributed by atoms with Crippen molar-refractivity contribution < 1.29 is 38.5 Å². The number of methoxy groups -OCH3 is 1. The van der Waals surface area contributed by atoms with E-state index < -0.39 is 65.2 Å². The van der Waals surface area contributed by atoms with Gasteiger partial charge in [-0.2, -0.15) is 0 Å². The first-order valence-corrected chi connectivity index (χ1v) is 18.7. The minimum absolute atomic E-state index is 0.0481. The van der Waals surface area contributed by atoms with Gasteiger partial charge in [0, 0.05) is 30.4 Å². The van der Waals surface area contributed by atoms with Crippen LogP contribution in [0.15, 0.2) is 55.6 Å². The first-order valence-electron chi connectivity index (χ1n) is 17.8. The average Bonchev–Trinajstić information content (AvgIpc) is 3.66. The summed E-state index contributed by atoms with van der Waals surface area (Å²) >= 11 is 3.74. The molecule has 3 saturated heterocycles. The number of benzene rings is 1. The molecule has 11 nitrogen and oxygen atoms in total. The summed E-state index contributed by atoms with van der Waals surface area (Å²) < 4.78 is 18.5. The molecule has 12 heteroatoms. The lowest BCUT2D eigenvalue weighted by Crippen LogP contribution is -2.62. The molecule has 0 saturated carbocycles. The summed E-state index contributed by atoms with van der Waals surface area (Å²) in [6, 6.07) is 6.48. The number of aliphatic hydroxyl groups is 1. The van der Waals surface area contributed by atoms with Gasteiger partial charge in [0.1, 0.15) is 17.7 Å². The predicted octanol–water partition coefficient (Wildman–Crippen LogP) is 4.73. The topological polar surface area (TPSA) is 135 Å². The Bertz CT molecular complexity index is 1450. The van der Waals surface area contributed by atoms with Crippen LogP contribution in [0, 0.1) is 17.3 Å². The zero-order chi connectivity index (χ0) is 37.9. The zero-order valence-electron chi connectivity index (χ0n) is 31.1. The molecule has 1 aromatic rings. The van der Waals surface area contributed by atoms with Gasteiger partial charge in [-0.05, 0) is 51.0 Å². The summed E-state index contributed by atoms with van der Waals surface area (Å²) in [5, 5.41) is 13.3. The second-order valence-corrected chi connectivity index (χ2v) is 17.1. The first kappa shape index (κ1) is 40.7. The van der Waals surface area contributed by atoms with Crippen molar-refractivity contribution in [1.82, 2.24) is 15.1 Å². The lowest BCUT2D eigenvalue weighted by atomic mass is 9.70. The molecule has 3 aliphatic rings. The Morgan fingerprint density at radius 1 is 1.18 bits per heavy atom. The molecule has 51 heavy (non-hydrogen) atoms. The number of esters is 1. The number of ether oxygens (including phenoxy) is 3. The van der Waals surface area contributed by atoms with Crippen molar-refractivity contribution in [2.75, 3.05) is 26.9 Å². The van der Waals surface area contributed by atoms with E-state index in [0.717, 1.165) is 0 Å². The highest BCUT2D eigenvalue weighted by molar-refractivity contribution is 9.09. The second kappa shape index (κ2) is 16.3. The van der Waals surface area contributed by atoms with Crippen LogP contribution in [0.5, 0.6) is 0 Å². The monoisotopic (exact) mass is 773 g/mol. The Morgan fingerprint density at radius 3 is 2.41 bits per heavy atom. The van der Waals surface area contributed by atoms with Crippen molar-refractivity contribution in [3.63, 3.8) is 0 Å². The quantitative estimate of drug-likeness (QED) is 0.132. The van der Waals surface area contributed by atoms with E-state index >= 15 is 0 Å². The number of likely N-dealkylation sites (tertiary alicyclic amines) is 1. The van der Waals surface area contributed by atoms with Gasteiger partial charge in [-0.3, -0.25) is 19.2 Å². The molecule has 1 spiro atoms. The van der Waals surface area contributed by atoms with Crippen LogP contribution in [0.4, 0.5) is 0 Å². The van der Waals surface area contributed by atoms with E-state index in [0.29, 0.717) is 24.8 Å². The lowest BCUT2D eigenvalue weighted by Gasteiger charge is -2.46. The van der Waals surface area contributed by atoms with E-state index in [4.69, 9.17) is 14.2 Å². The summed E-state index contributed by atoms with van der Waals surface area (Å²) in [4.78, 5) is 59.9. The molecule has 2 N–H and O–H groups in total. The van der Waals surface area contributed by atoms with Crippen molar-refractivity contribution in [2.24, 2.45) is 17.3 Å². The van der Waals surface area contributed by atoms with Crippen LogP contribution in [-0.4, -0.2) is 106 Å². The Labute approximate surface area is 311 Å². The van der Waals surface area contributed by atoms with E-state index in [2.05, 4.69) is 55.2 Å². The SMILES string of the molecule is C=CCCC(=O)N[C@H](COC)[C@H](OC(=O)[C@@H]1[C@H]2O[C@@]3(CC2Br)[C@H](C(=O)N(CC=C)C(C)(C)CC(C)(C)C)N([C@H](C)CO)C(=O)[C@@H]13)c1ccccc1.